The van der Waals surface area contributed by atoms with Gasteiger partial charge in [0.1, 0.15) is 5.82 Å². The molecule has 0 aromatic carbocycles. The summed E-state index contributed by atoms with van der Waals surface area (Å²) in [6.07, 6.45) is 3.65. The number of nitrogens with one attached hydrogen (secondary N) is 1. The van der Waals surface area contributed by atoms with Crippen LogP contribution in [0.2, 0.25) is 0 Å². The summed E-state index contributed by atoms with van der Waals surface area (Å²) < 4.78 is 1.92. The Morgan fingerprint density at radius 1 is 1.21 bits per heavy atom. The van der Waals surface area contributed by atoms with E-state index in [1.54, 1.807) is 6.20 Å². The minimum absolute atomic E-state index is 0.0743. The van der Waals surface area contributed by atoms with Gasteiger partial charge in [0.15, 0.2) is 5.82 Å². The maximum absolute atomic E-state index is 11.3. The Labute approximate surface area is 142 Å². The number of aromatic nitrogens is 4. The Hall–Kier alpha value is -2.44. The maximum atomic E-state index is 11.3. The zero-order valence-electron chi connectivity index (χ0n) is 14.4. The van der Waals surface area contributed by atoms with Gasteiger partial charge in [0, 0.05) is 26.1 Å². The molecule has 1 saturated heterocycles. The van der Waals surface area contributed by atoms with Crippen LogP contribution in [0, 0.1) is 0 Å². The van der Waals surface area contributed by atoms with Crippen molar-refractivity contribution in [1.82, 2.24) is 20.0 Å². The van der Waals surface area contributed by atoms with E-state index in [4.69, 9.17) is 0 Å². The Balaban J connectivity index is 1.63. The van der Waals surface area contributed by atoms with Gasteiger partial charge in [-0.05, 0) is 30.9 Å². The third-order valence-corrected chi connectivity index (χ3v) is 4.37. The van der Waals surface area contributed by atoms with Gasteiger partial charge in [0.25, 0.3) is 0 Å². The second-order valence-corrected chi connectivity index (χ2v) is 6.53. The van der Waals surface area contributed by atoms with Crippen LogP contribution in [0.5, 0.6) is 0 Å². The van der Waals surface area contributed by atoms with Crippen molar-refractivity contribution in [3.63, 3.8) is 0 Å². The number of anilines is 2. The molecule has 1 N–H and O–H groups in total. The van der Waals surface area contributed by atoms with Crippen molar-refractivity contribution < 1.29 is 4.79 Å². The lowest BCUT2D eigenvalue weighted by molar-refractivity contribution is -0.114. The standard InChI is InChI=1S/C17H24N6O/c1-12(2)15-4-5-17(21-20-15)22-10-7-14(8-11-22)23-16(6-9-18-23)19-13(3)24/h4-6,9,12,14H,7-8,10-11H2,1-3H3,(H,19,24). The van der Waals surface area contributed by atoms with Crippen molar-refractivity contribution >= 4 is 17.5 Å². The highest BCUT2D eigenvalue weighted by Crippen LogP contribution is 2.27. The molecule has 3 heterocycles. The largest absolute Gasteiger partial charge is 0.355 e. The monoisotopic (exact) mass is 328 g/mol. The molecular weight excluding hydrogens is 304 g/mol. The minimum Gasteiger partial charge on any atom is -0.355 e. The van der Waals surface area contributed by atoms with Crippen molar-refractivity contribution in [1.29, 1.82) is 0 Å². The van der Waals surface area contributed by atoms with Crippen LogP contribution in [-0.2, 0) is 4.79 Å². The van der Waals surface area contributed by atoms with Gasteiger partial charge in [-0.3, -0.25) is 4.79 Å². The van der Waals surface area contributed by atoms with Crippen LogP contribution >= 0.6 is 0 Å². The van der Waals surface area contributed by atoms with E-state index in [1.165, 1.54) is 6.92 Å². The molecule has 0 spiro atoms. The lowest BCUT2D eigenvalue weighted by Crippen LogP contribution is -2.36. The molecule has 24 heavy (non-hydrogen) atoms. The van der Waals surface area contributed by atoms with Crippen molar-refractivity contribution in [3.8, 4) is 0 Å². The fourth-order valence-corrected chi connectivity index (χ4v) is 3.04. The molecule has 1 amide bonds. The van der Waals surface area contributed by atoms with Gasteiger partial charge in [-0.2, -0.15) is 10.2 Å². The van der Waals surface area contributed by atoms with E-state index in [2.05, 4.69) is 51.5 Å². The van der Waals surface area contributed by atoms with E-state index >= 15 is 0 Å². The number of piperidine rings is 1. The van der Waals surface area contributed by atoms with Gasteiger partial charge >= 0.3 is 0 Å². The smallest absolute Gasteiger partial charge is 0.222 e. The number of carbonyl (C=O) groups excluding carboxylic acids is 1. The summed E-state index contributed by atoms with van der Waals surface area (Å²) in [5.41, 5.74) is 1.02. The SMILES string of the molecule is CC(=O)Nc1ccnn1C1CCN(c2ccc(C(C)C)nn2)CC1. The molecular formula is C17H24N6O. The van der Waals surface area contributed by atoms with Crippen LogP contribution in [0.15, 0.2) is 24.4 Å². The van der Waals surface area contributed by atoms with Crippen molar-refractivity contribution in [2.75, 3.05) is 23.3 Å². The van der Waals surface area contributed by atoms with Crippen molar-refractivity contribution in [2.24, 2.45) is 0 Å². The quantitative estimate of drug-likeness (QED) is 0.933. The number of carbonyl (C=O) groups is 1. The van der Waals surface area contributed by atoms with Crippen LogP contribution in [0.1, 0.15) is 51.3 Å². The molecule has 7 heteroatoms. The summed E-state index contributed by atoms with van der Waals surface area (Å²) in [4.78, 5) is 13.5. The van der Waals surface area contributed by atoms with E-state index < -0.39 is 0 Å². The van der Waals surface area contributed by atoms with Crippen LogP contribution in [-0.4, -0.2) is 39.0 Å². The Kier molecular flexibility index (Phi) is 4.78. The molecule has 128 valence electrons. The van der Waals surface area contributed by atoms with E-state index in [9.17, 15) is 4.79 Å². The summed E-state index contributed by atoms with van der Waals surface area (Å²) in [6, 6.07) is 6.24. The van der Waals surface area contributed by atoms with Gasteiger partial charge in [0.05, 0.1) is 17.9 Å². The van der Waals surface area contributed by atoms with E-state index in [-0.39, 0.29) is 5.91 Å². The highest BCUT2D eigenvalue weighted by atomic mass is 16.1. The number of hydrogen-bond donors (Lipinski definition) is 1. The van der Waals surface area contributed by atoms with Gasteiger partial charge in [-0.25, -0.2) is 4.68 Å². The molecule has 3 rings (SSSR count). The summed E-state index contributed by atoms with van der Waals surface area (Å²) in [5, 5.41) is 15.9. The highest BCUT2D eigenvalue weighted by molar-refractivity contribution is 5.87. The normalized spacial score (nSPS) is 15.8. The predicted octanol–water partition coefficient (Wildman–Crippen LogP) is 2.60. The molecule has 1 aliphatic heterocycles. The Bertz CT molecular complexity index is 685. The number of amides is 1. The van der Waals surface area contributed by atoms with Crippen LogP contribution in [0.4, 0.5) is 11.6 Å². The lowest BCUT2D eigenvalue weighted by Gasteiger charge is -2.33. The molecule has 0 aliphatic carbocycles. The molecule has 2 aromatic heterocycles. The van der Waals surface area contributed by atoms with Crippen molar-refractivity contribution in [3.05, 3.63) is 30.1 Å². The molecule has 1 aliphatic rings. The zero-order valence-corrected chi connectivity index (χ0v) is 14.4. The van der Waals surface area contributed by atoms with E-state index in [0.29, 0.717) is 12.0 Å². The first kappa shape index (κ1) is 16.4. The maximum Gasteiger partial charge on any atom is 0.222 e. The molecule has 0 bridgehead atoms. The second kappa shape index (κ2) is 6.98. The first-order valence-electron chi connectivity index (χ1n) is 8.44. The predicted molar refractivity (Wildman–Crippen MR) is 93.1 cm³/mol. The first-order valence-corrected chi connectivity index (χ1v) is 8.44. The molecule has 2 aromatic rings. The van der Waals surface area contributed by atoms with Crippen LogP contribution < -0.4 is 10.2 Å². The first-order chi connectivity index (χ1) is 11.5. The Morgan fingerprint density at radius 3 is 2.54 bits per heavy atom. The highest BCUT2D eigenvalue weighted by Gasteiger charge is 2.24. The van der Waals surface area contributed by atoms with Gasteiger partial charge in [0.2, 0.25) is 5.91 Å². The fraction of sp³-hybridized carbons (Fsp3) is 0.529. The topological polar surface area (TPSA) is 75.9 Å². The summed E-state index contributed by atoms with van der Waals surface area (Å²) >= 11 is 0. The van der Waals surface area contributed by atoms with Crippen LogP contribution in [0.3, 0.4) is 0 Å². The third kappa shape index (κ3) is 3.55. The lowest BCUT2D eigenvalue weighted by atomic mass is 10.1. The minimum atomic E-state index is -0.0743. The Morgan fingerprint density at radius 2 is 1.96 bits per heavy atom. The average molecular weight is 328 g/mol. The van der Waals surface area contributed by atoms with E-state index in [1.807, 2.05) is 10.7 Å². The molecule has 0 saturated carbocycles. The molecule has 1 fully saturated rings. The number of nitrogens with zero attached hydrogens (tertiary/aromatic N) is 5. The molecule has 0 radical (unpaired) electrons. The van der Waals surface area contributed by atoms with Gasteiger partial charge < -0.3 is 10.2 Å². The third-order valence-electron chi connectivity index (χ3n) is 4.37. The molecule has 0 unspecified atom stereocenters. The summed E-state index contributed by atoms with van der Waals surface area (Å²) in [5.74, 6) is 2.02. The number of rotatable bonds is 4. The number of hydrogen-bond acceptors (Lipinski definition) is 5. The molecule has 7 nitrogen and oxygen atoms in total. The van der Waals surface area contributed by atoms with E-state index in [0.717, 1.165) is 43.3 Å². The van der Waals surface area contributed by atoms with Gasteiger partial charge in [-0.1, -0.05) is 13.8 Å². The van der Waals surface area contributed by atoms with Crippen LogP contribution in [0.25, 0.3) is 0 Å². The second-order valence-electron chi connectivity index (χ2n) is 6.53. The zero-order chi connectivity index (χ0) is 17.1. The summed E-state index contributed by atoms with van der Waals surface area (Å²) in [6.45, 7) is 7.55. The van der Waals surface area contributed by atoms with Crippen molar-refractivity contribution in [2.45, 2.75) is 45.6 Å². The summed E-state index contributed by atoms with van der Waals surface area (Å²) in [7, 11) is 0. The van der Waals surface area contributed by atoms with Gasteiger partial charge in [-0.15, -0.1) is 5.10 Å². The average Bonchev–Trinajstić information content (AvgIpc) is 3.02. The molecule has 0 atom stereocenters. The fourth-order valence-electron chi connectivity index (χ4n) is 3.04.